The summed E-state index contributed by atoms with van der Waals surface area (Å²) in [4.78, 5) is 34.6. The van der Waals surface area contributed by atoms with Crippen LogP contribution in [0.5, 0.6) is 0 Å². The number of carboxylic acid groups (broad SMARTS) is 1. The lowest BCUT2D eigenvalue weighted by Crippen LogP contribution is -2.48. The largest absolute Gasteiger partial charge is 0.479 e. The summed E-state index contributed by atoms with van der Waals surface area (Å²) in [6.07, 6.45) is 1.05. The number of benzene rings is 1. The van der Waals surface area contributed by atoms with Gasteiger partial charge < -0.3 is 20.5 Å². The predicted octanol–water partition coefficient (Wildman–Crippen LogP) is 1.40. The average Bonchev–Trinajstić information content (AvgIpc) is 3.09. The molecule has 0 saturated heterocycles. The van der Waals surface area contributed by atoms with E-state index in [0.29, 0.717) is 21.7 Å². The van der Waals surface area contributed by atoms with Gasteiger partial charge in [-0.05, 0) is 24.1 Å². The molecule has 0 spiro atoms. The number of aliphatic carboxylic acids is 1. The van der Waals surface area contributed by atoms with Gasteiger partial charge in [0.25, 0.3) is 5.91 Å². The van der Waals surface area contributed by atoms with Gasteiger partial charge in [-0.1, -0.05) is 29.8 Å². The first kappa shape index (κ1) is 17.8. The minimum atomic E-state index is -1.79. The molecule has 8 nitrogen and oxygen atoms in total. The first-order chi connectivity index (χ1) is 12.5. The normalized spacial score (nSPS) is 13.3. The number of imidazole rings is 1. The zero-order chi connectivity index (χ0) is 18.7. The number of H-pyrrole nitrogens is 1. The number of aliphatic hydroxyl groups is 1. The zero-order valence-corrected chi connectivity index (χ0v) is 14.1. The molecule has 0 aliphatic heterocycles. The van der Waals surface area contributed by atoms with E-state index >= 15 is 0 Å². The highest BCUT2D eigenvalue weighted by atomic mass is 35.5. The van der Waals surface area contributed by atoms with Gasteiger partial charge >= 0.3 is 5.97 Å². The Kier molecular flexibility index (Phi) is 5.15. The molecule has 0 aliphatic rings. The van der Waals surface area contributed by atoms with Gasteiger partial charge in [-0.3, -0.25) is 4.79 Å². The summed E-state index contributed by atoms with van der Waals surface area (Å²) >= 11 is 6.10. The van der Waals surface area contributed by atoms with Crippen LogP contribution in [0.15, 0.2) is 42.9 Å². The van der Waals surface area contributed by atoms with Gasteiger partial charge in [-0.15, -0.1) is 0 Å². The van der Waals surface area contributed by atoms with Crippen LogP contribution in [0.25, 0.3) is 11.2 Å². The third kappa shape index (κ3) is 3.81. The van der Waals surface area contributed by atoms with E-state index in [4.69, 9.17) is 16.7 Å². The highest BCUT2D eigenvalue weighted by molar-refractivity contribution is 6.31. The molecule has 0 saturated carbocycles. The number of nitrogens with one attached hydrogen (secondary N) is 2. The molecule has 4 N–H and O–H groups in total. The summed E-state index contributed by atoms with van der Waals surface area (Å²) in [5.74, 6) is -2.01. The maximum absolute atomic E-state index is 12.5. The molecule has 26 heavy (non-hydrogen) atoms. The van der Waals surface area contributed by atoms with Crippen LogP contribution in [0.2, 0.25) is 5.02 Å². The molecule has 0 radical (unpaired) electrons. The highest BCUT2D eigenvalue weighted by Crippen LogP contribution is 2.18. The Labute approximate surface area is 152 Å². The van der Waals surface area contributed by atoms with Crippen molar-refractivity contribution in [2.75, 3.05) is 0 Å². The van der Waals surface area contributed by atoms with Gasteiger partial charge in [0, 0.05) is 11.2 Å². The number of fused-ring (bicyclic) bond motifs is 1. The first-order valence-corrected chi connectivity index (χ1v) is 8.08. The van der Waals surface area contributed by atoms with Crippen LogP contribution in [0.1, 0.15) is 15.9 Å². The minimum absolute atomic E-state index is 0.0525. The lowest BCUT2D eigenvalue weighted by atomic mass is 10.0. The molecule has 2 heterocycles. The van der Waals surface area contributed by atoms with Gasteiger partial charge in [-0.25, -0.2) is 14.8 Å². The Morgan fingerprint density at radius 3 is 2.77 bits per heavy atom. The summed E-state index contributed by atoms with van der Waals surface area (Å²) in [6, 6.07) is 7.27. The number of amides is 1. The zero-order valence-electron chi connectivity index (χ0n) is 13.4. The molecule has 0 bridgehead atoms. The number of carboxylic acids is 1. The minimum Gasteiger partial charge on any atom is -0.479 e. The molecular formula is C17H15ClN4O4. The van der Waals surface area contributed by atoms with Gasteiger partial charge in [0.1, 0.15) is 5.52 Å². The second-order valence-corrected chi connectivity index (χ2v) is 6.06. The van der Waals surface area contributed by atoms with Crippen LogP contribution in [0.4, 0.5) is 0 Å². The first-order valence-electron chi connectivity index (χ1n) is 7.70. The quantitative estimate of drug-likeness (QED) is 0.516. The lowest BCUT2D eigenvalue weighted by Gasteiger charge is -2.22. The highest BCUT2D eigenvalue weighted by Gasteiger charge is 2.28. The van der Waals surface area contributed by atoms with Crippen LogP contribution < -0.4 is 5.32 Å². The number of aliphatic hydroxyl groups excluding tert-OH is 1. The molecule has 0 unspecified atom stereocenters. The molecule has 134 valence electrons. The van der Waals surface area contributed by atoms with Gasteiger partial charge in [0.15, 0.2) is 11.8 Å². The van der Waals surface area contributed by atoms with Crippen molar-refractivity contribution >= 4 is 34.6 Å². The SMILES string of the molecule is O=C(N[C@H](Cc1ccccc1Cl)[C@@H](O)C(=O)O)c1cnc2[nH]cnc2c1. The Hall–Kier alpha value is -2.97. The molecule has 1 aromatic carbocycles. The number of halogens is 1. The van der Waals surface area contributed by atoms with Crippen molar-refractivity contribution in [3.8, 4) is 0 Å². The molecule has 1 amide bonds. The van der Waals surface area contributed by atoms with Crippen LogP contribution in [-0.4, -0.2) is 49.2 Å². The molecule has 0 aliphatic carbocycles. The van der Waals surface area contributed by atoms with Gasteiger partial charge in [0.2, 0.25) is 0 Å². The standard InChI is InChI=1S/C17H15ClN4O4/c18-11-4-2-1-3-9(11)5-12(14(23)17(25)26)22-16(24)10-6-13-15(19-7-10)21-8-20-13/h1-4,6-8,12,14,23H,5H2,(H,22,24)(H,25,26)(H,19,20,21)/t12-,14-/m1/s1. The third-order valence-electron chi connectivity index (χ3n) is 3.88. The van der Waals surface area contributed by atoms with E-state index < -0.39 is 24.0 Å². The van der Waals surface area contributed by atoms with E-state index in [9.17, 15) is 14.7 Å². The summed E-state index contributed by atoms with van der Waals surface area (Å²) in [5, 5.41) is 22.1. The van der Waals surface area contributed by atoms with E-state index in [1.54, 1.807) is 24.3 Å². The van der Waals surface area contributed by atoms with E-state index in [-0.39, 0.29) is 12.0 Å². The fourth-order valence-electron chi connectivity index (χ4n) is 2.52. The molecule has 2 atom stereocenters. The number of hydrogen-bond acceptors (Lipinski definition) is 5. The van der Waals surface area contributed by atoms with Crippen LogP contribution in [-0.2, 0) is 11.2 Å². The maximum Gasteiger partial charge on any atom is 0.334 e. The Morgan fingerprint density at radius 1 is 1.27 bits per heavy atom. The number of hydrogen-bond donors (Lipinski definition) is 4. The second kappa shape index (κ2) is 7.51. The number of pyridine rings is 1. The maximum atomic E-state index is 12.5. The average molecular weight is 375 g/mol. The summed E-state index contributed by atoms with van der Waals surface area (Å²) in [5.41, 5.74) is 1.84. The van der Waals surface area contributed by atoms with E-state index in [0.717, 1.165) is 0 Å². The number of carbonyl (C=O) groups is 2. The monoisotopic (exact) mass is 374 g/mol. The van der Waals surface area contributed by atoms with E-state index in [1.165, 1.54) is 18.6 Å². The summed E-state index contributed by atoms with van der Waals surface area (Å²) < 4.78 is 0. The molecule has 9 heteroatoms. The van der Waals surface area contributed by atoms with Crippen molar-refractivity contribution in [2.24, 2.45) is 0 Å². The van der Waals surface area contributed by atoms with Crippen molar-refractivity contribution in [2.45, 2.75) is 18.6 Å². The Morgan fingerprint density at radius 2 is 2.04 bits per heavy atom. The number of nitrogens with zero attached hydrogens (tertiary/aromatic N) is 2. The van der Waals surface area contributed by atoms with Crippen LogP contribution >= 0.6 is 11.6 Å². The number of aromatic amines is 1. The molecule has 2 aromatic heterocycles. The summed E-state index contributed by atoms with van der Waals surface area (Å²) in [6.45, 7) is 0. The number of rotatable bonds is 6. The van der Waals surface area contributed by atoms with Crippen molar-refractivity contribution in [1.29, 1.82) is 0 Å². The number of aromatic nitrogens is 3. The van der Waals surface area contributed by atoms with Crippen molar-refractivity contribution in [3.63, 3.8) is 0 Å². The fraction of sp³-hybridized carbons (Fsp3) is 0.176. The molecule has 0 fully saturated rings. The van der Waals surface area contributed by atoms with Crippen molar-refractivity contribution in [3.05, 3.63) is 59.0 Å². The van der Waals surface area contributed by atoms with Crippen LogP contribution in [0.3, 0.4) is 0 Å². The lowest BCUT2D eigenvalue weighted by molar-refractivity contribution is -0.148. The number of carbonyl (C=O) groups excluding carboxylic acids is 1. The molecule has 3 rings (SSSR count). The van der Waals surface area contributed by atoms with Crippen LogP contribution in [0, 0.1) is 0 Å². The third-order valence-corrected chi connectivity index (χ3v) is 4.25. The Balaban J connectivity index is 1.83. The topological polar surface area (TPSA) is 128 Å². The van der Waals surface area contributed by atoms with Crippen molar-refractivity contribution in [1.82, 2.24) is 20.3 Å². The molecule has 3 aromatic rings. The summed E-state index contributed by atoms with van der Waals surface area (Å²) in [7, 11) is 0. The van der Waals surface area contributed by atoms with Crippen molar-refractivity contribution < 1.29 is 19.8 Å². The van der Waals surface area contributed by atoms with E-state index in [2.05, 4.69) is 20.3 Å². The second-order valence-electron chi connectivity index (χ2n) is 5.65. The van der Waals surface area contributed by atoms with Gasteiger partial charge in [0.05, 0.1) is 17.9 Å². The fourth-order valence-corrected chi connectivity index (χ4v) is 2.73. The smallest absolute Gasteiger partial charge is 0.334 e. The van der Waals surface area contributed by atoms with E-state index in [1.807, 2.05) is 0 Å². The van der Waals surface area contributed by atoms with Gasteiger partial charge in [-0.2, -0.15) is 0 Å². The Bertz CT molecular complexity index is 959. The predicted molar refractivity (Wildman–Crippen MR) is 93.9 cm³/mol. The molecular weight excluding hydrogens is 360 g/mol.